The molecule has 0 aromatic heterocycles. The molecule has 0 bridgehead atoms. The summed E-state index contributed by atoms with van der Waals surface area (Å²) in [4.78, 5) is 0. The second kappa shape index (κ2) is 15.7. The van der Waals surface area contributed by atoms with Crippen molar-refractivity contribution in [2.24, 2.45) is 0 Å². The Morgan fingerprint density at radius 1 is 1.25 bits per heavy atom. The molecule has 0 saturated carbocycles. The Morgan fingerprint density at radius 3 is 1.25 bits per heavy atom. The zero-order valence-corrected chi connectivity index (χ0v) is 13.8. The van der Waals surface area contributed by atoms with Crippen LogP contribution in [0.4, 0.5) is 0 Å². The molecule has 0 saturated heterocycles. The Hall–Kier alpha value is 4.12. The van der Waals surface area contributed by atoms with E-state index in [-0.39, 0.29) is 129 Å². The van der Waals surface area contributed by atoms with E-state index in [0.717, 1.165) is 0 Å². The van der Waals surface area contributed by atoms with Crippen molar-refractivity contribution in [3.8, 4) is 0 Å². The van der Waals surface area contributed by atoms with Gasteiger partial charge in [0.05, 0.1) is 0 Å². The number of hydrogen-bond donors (Lipinski definition) is 0. The molecule has 0 heterocycles. The summed E-state index contributed by atoms with van der Waals surface area (Å²) in [5.74, 6) is 0. The van der Waals surface area contributed by atoms with Gasteiger partial charge in [0.25, 0.3) is 0 Å². The van der Waals surface area contributed by atoms with E-state index in [4.69, 9.17) is 0 Å². The van der Waals surface area contributed by atoms with E-state index in [1.54, 1.807) is 0 Å². The van der Waals surface area contributed by atoms with Crippen LogP contribution in [0.5, 0.6) is 0 Å². The first-order chi connectivity index (χ1) is 0. The van der Waals surface area contributed by atoms with Crippen LogP contribution >= 0.6 is 0 Å². The second-order valence-corrected chi connectivity index (χ2v) is 0. The molecule has 4 heavy (non-hydrogen) atoms. The van der Waals surface area contributed by atoms with E-state index in [9.17, 15) is 0 Å². The molecule has 0 N–H and O–H groups in total. The third-order valence-electron chi connectivity index (χ3n) is 0. The normalized spacial score (nSPS) is 0. The Morgan fingerprint density at radius 2 is 1.25 bits per heavy atom. The summed E-state index contributed by atoms with van der Waals surface area (Å²) in [6.07, 6.45) is 0. The molecule has 0 aliphatic heterocycles. The van der Waals surface area contributed by atoms with Gasteiger partial charge >= 0.3 is 82.8 Å². The van der Waals surface area contributed by atoms with Crippen molar-refractivity contribution in [1.82, 2.24) is 0 Å². The van der Waals surface area contributed by atoms with Gasteiger partial charge in [0, 0.05) is 41.7 Å². The molecule has 0 aromatic rings. The van der Waals surface area contributed by atoms with E-state index in [1.165, 1.54) is 0 Å². The molecule has 0 amide bonds. The Bertz CT molecular complexity index is 14.9. The molecule has 0 rings (SSSR count). The summed E-state index contributed by atoms with van der Waals surface area (Å²) < 4.78 is 0. The van der Waals surface area contributed by atoms with Gasteiger partial charge in [-0.15, -0.1) is 0 Å². The molecule has 0 radical (unpaired) electrons. The van der Waals surface area contributed by atoms with Crippen LogP contribution in [-0.2, 0) is 0 Å². The predicted octanol–water partition coefficient (Wildman–Crippen LogP) is -4.22. The maximum Gasteiger partial charge on any atom is 2.00 e. The fourth-order valence-corrected chi connectivity index (χ4v) is 0. The second-order valence-electron chi connectivity index (χ2n) is 0. The summed E-state index contributed by atoms with van der Waals surface area (Å²) in [5.41, 5.74) is 0. The minimum Gasteiger partial charge on any atom is -1.00 e. The van der Waals surface area contributed by atoms with Gasteiger partial charge in [-0.05, 0) is 0 Å². The van der Waals surface area contributed by atoms with Gasteiger partial charge in [0.2, 0.25) is 0 Å². The molecule has 0 unspecified atom stereocenters. The fourth-order valence-electron chi connectivity index (χ4n) is 0. The molecule has 0 spiro atoms. The van der Waals surface area contributed by atoms with Crippen molar-refractivity contribution < 1.29 is 64.9 Å². The Kier molecular flexibility index (Phi) is 95.3. The molecule has 0 atom stereocenters. The van der Waals surface area contributed by atoms with Crippen molar-refractivity contribution in [2.45, 2.75) is 0 Å². The van der Waals surface area contributed by atoms with Gasteiger partial charge in [-0.2, -0.15) is 0 Å². The summed E-state index contributed by atoms with van der Waals surface area (Å²) in [6.45, 7) is 0. The van der Waals surface area contributed by atoms with Gasteiger partial charge in [0.15, 0.2) is 0 Å². The first kappa shape index (κ1) is 24.3. The standard InChI is InChI=1S/Bi.Ca.Ce.Li.6H/q;+2;;+1;;;;3*-1. The molecular weight excluding hydrogens is 396 g/mol. The molecule has 0 aromatic carbocycles. The Labute approximate surface area is 125 Å². The maximum atomic E-state index is 0. The monoisotopic (exact) mass is 402 g/mol. The van der Waals surface area contributed by atoms with Crippen molar-refractivity contribution in [3.05, 3.63) is 0 Å². The summed E-state index contributed by atoms with van der Waals surface area (Å²) in [7, 11) is 0. The van der Waals surface area contributed by atoms with E-state index >= 15 is 0 Å². The first-order valence-corrected chi connectivity index (χ1v) is 0. The predicted molar refractivity (Wildman–Crippen MR) is 19.0 cm³/mol. The van der Waals surface area contributed by atoms with Gasteiger partial charge in [-0.3, -0.25) is 0 Å². The van der Waals surface area contributed by atoms with Crippen molar-refractivity contribution >= 4 is 63.9 Å². The minimum atomic E-state index is 0. The number of hydrogen-bond acceptors (Lipinski definition) is 0. The minimum absolute atomic E-state index is 0. The SMILES string of the molecule is [BiH3].[Ca+2].[Ce].[H-].[H-].[H-].[Li+]. The molecule has 0 fully saturated rings. The van der Waals surface area contributed by atoms with E-state index in [0.29, 0.717) is 0 Å². The largest absolute Gasteiger partial charge is 2.00 e. The van der Waals surface area contributed by atoms with Crippen LogP contribution in [0.3, 0.4) is 0 Å². The zero-order chi connectivity index (χ0) is 0. The number of rotatable bonds is 0. The maximum absolute atomic E-state index is 0. The van der Waals surface area contributed by atoms with Crippen LogP contribution in [0.25, 0.3) is 0 Å². The quantitative estimate of drug-likeness (QED) is 0.361. The van der Waals surface area contributed by atoms with Gasteiger partial charge in [0.1, 0.15) is 0 Å². The van der Waals surface area contributed by atoms with Gasteiger partial charge in [-0.25, -0.2) is 0 Å². The summed E-state index contributed by atoms with van der Waals surface area (Å²) in [5, 5.41) is 0. The molecule has 0 nitrogen and oxygen atoms in total. The van der Waals surface area contributed by atoms with E-state index in [1.807, 2.05) is 0 Å². The van der Waals surface area contributed by atoms with Crippen LogP contribution in [-0.4, -0.2) is 63.9 Å². The van der Waals surface area contributed by atoms with Crippen molar-refractivity contribution in [3.63, 3.8) is 0 Å². The molecule has 0 aliphatic rings. The van der Waals surface area contributed by atoms with Crippen LogP contribution in [0.2, 0.25) is 0 Å². The third-order valence-corrected chi connectivity index (χ3v) is 0. The average Bonchev–Trinajstić information content (AvgIpc) is 0. The van der Waals surface area contributed by atoms with Gasteiger partial charge < -0.3 is 4.28 Å². The zero-order valence-electron chi connectivity index (χ0n) is 5.91. The smallest absolute Gasteiger partial charge is 1.00 e. The molecular formula is H6BiCaCeLi. The first-order valence-electron chi connectivity index (χ1n) is 0. The third kappa shape index (κ3) is 9.45. The van der Waals surface area contributed by atoms with E-state index in [2.05, 4.69) is 0 Å². The molecule has 0 aliphatic carbocycles. The molecule has 4 heteroatoms. The average molecular weight is 402 g/mol. The van der Waals surface area contributed by atoms with Crippen LogP contribution in [0.15, 0.2) is 0 Å². The van der Waals surface area contributed by atoms with Crippen molar-refractivity contribution in [1.29, 1.82) is 0 Å². The van der Waals surface area contributed by atoms with Crippen LogP contribution in [0, 0.1) is 41.7 Å². The van der Waals surface area contributed by atoms with Crippen LogP contribution in [0.1, 0.15) is 4.28 Å². The fraction of sp³-hybridized carbons (Fsp3) is 0. The van der Waals surface area contributed by atoms with Gasteiger partial charge in [-0.1, -0.05) is 0 Å². The van der Waals surface area contributed by atoms with E-state index < -0.39 is 0 Å². The summed E-state index contributed by atoms with van der Waals surface area (Å²) in [6, 6.07) is 0. The summed E-state index contributed by atoms with van der Waals surface area (Å²) >= 11 is 0. The van der Waals surface area contributed by atoms with Crippen LogP contribution < -0.4 is 18.9 Å². The Balaban J connectivity index is 0. The molecule has 18 valence electrons. The van der Waals surface area contributed by atoms with Crippen molar-refractivity contribution in [2.75, 3.05) is 0 Å². The topological polar surface area (TPSA) is 0 Å².